The van der Waals surface area contributed by atoms with Crippen LogP contribution in [0.25, 0.3) is 0 Å². The molecule has 0 aliphatic heterocycles. The fourth-order valence-corrected chi connectivity index (χ4v) is 1.23. The number of carbonyl (C=O) groups excluding carboxylic acids is 1. The number of alkyl halides is 3. The fraction of sp³-hybridized carbons (Fsp3) is 0.167. The van der Waals surface area contributed by atoms with Gasteiger partial charge in [0.2, 0.25) is 0 Å². The third-order valence-corrected chi connectivity index (χ3v) is 1.87. The van der Waals surface area contributed by atoms with Crippen molar-refractivity contribution in [3.63, 3.8) is 0 Å². The smallest absolute Gasteiger partial charge is 0.283 e. The molecule has 5 heteroatoms. The van der Waals surface area contributed by atoms with E-state index in [2.05, 4.69) is 0 Å². The molecule has 1 heterocycles. The fourth-order valence-electron chi connectivity index (χ4n) is 0.547. The number of rotatable bonds is 1. The summed E-state index contributed by atoms with van der Waals surface area (Å²) in [6.45, 7) is 0. The largest absolute Gasteiger partial charge is 0.455 e. The zero-order chi connectivity index (χ0) is 8.48. The summed E-state index contributed by atoms with van der Waals surface area (Å²) < 4.78 is 35.0. The topological polar surface area (TPSA) is 17.1 Å². The zero-order valence-electron chi connectivity index (χ0n) is 5.18. The van der Waals surface area contributed by atoms with Gasteiger partial charge >= 0.3 is 6.18 Å². The molecule has 1 nitrogen and oxygen atoms in total. The van der Waals surface area contributed by atoms with Crippen molar-refractivity contribution in [2.75, 3.05) is 0 Å². The number of hydrogen-bond acceptors (Lipinski definition) is 2. The number of Topliss-reactive ketones (excluding diaryl/α,β-unsaturated/α-hetero) is 1. The third kappa shape index (κ3) is 1.80. The molecule has 0 saturated carbocycles. The summed E-state index contributed by atoms with van der Waals surface area (Å²) in [5, 5.41) is 1.43. The van der Waals surface area contributed by atoms with Crippen molar-refractivity contribution in [2.24, 2.45) is 0 Å². The number of ketones is 1. The Balaban J connectivity index is 2.88. The van der Waals surface area contributed by atoms with Gasteiger partial charge < -0.3 is 0 Å². The maximum atomic E-state index is 11.7. The first-order valence-corrected chi connectivity index (χ1v) is 3.55. The van der Waals surface area contributed by atoms with Gasteiger partial charge in [-0.1, -0.05) is 6.07 Å². The van der Waals surface area contributed by atoms with Crippen LogP contribution in [0.4, 0.5) is 13.2 Å². The molecule has 0 amide bonds. The standard InChI is InChI=1S/C6H3F3OS/c7-6(8,9)5(10)4-2-1-3-11-4/h1-3H. The molecule has 0 atom stereocenters. The lowest BCUT2D eigenvalue weighted by Crippen LogP contribution is -2.21. The first-order chi connectivity index (χ1) is 5.02. The minimum atomic E-state index is -4.75. The molecule has 0 spiro atoms. The molecule has 1 aromatic rings. The molecule has 0 unspecified atom stereocenters. The van der Waals surface area contributed by atoms with E-state index in [1.54, 1.807) is 0 Å². The molecule has 0 aliphatic rings. The normalized spacial score (nSPS) is 11.5. The number of carbonyl (C=O) groups is 1. The second kappa shape index (κ2) is 2.65. The molecular weight excluding hydrogens is 177 g/mol. The van der Waals surface area contributed by atoms with E-state index in [4.69, 9.17) is 0 Å². The number of halogens is 3. The molecule has 0 N–H and O–H groups in total. The highest BCUT2D eigenvalue weighted by Gasteiger charge is 2.39. The van der Waals surface area contributed by atoms with E-state index in [9.17, 15) is 18.0 Å². The van der Waals surface area contributed by atoms with Crippen molar-refractivity contribution in [1.82, 2.24) is 0 Å². The molecule has 0 aliphatic carbocycles. The number of hydrogen-bond donors (Lipinski definition) is 0. The predicted molar refractivity (Wildman–Crippen MR) is 34.7 cm³/mol. The SMILES string of the molecule is O=C(c1cccs1)C(F)(F)F. The van der Waals surface area contributed by atoms with Crippen LogP contribution in [0.15, 0.2) is 17.5 Å². The monoisotopic (exact) mass is 180 g/mol. The lowest BCUT2D eigenvalue weighted by atomic mass is 10.3. The van der Waals surface area contributed by atoms with Crippen LogP contribution >= 0.6 is 11.3 Å². The highest BCUT2D eigenvalue weighted by Crippen LogP contribution is 2.23. The molecule has 0 aromatic carbocycles. The summed E-state index contributed by atoms with van der Waals surface area (Å²) in [6, 6.07) is 2.56. The lowest BCUT2D eigenvalue weighted by molar-refractivity contribution is -0.0882. The van der Waals surface area contributed by atoms with E-state index in [0.717, 1.165) is 17.4 Å². The van der Waals surface area contributed by atoms with Gasteiger partial charge in [0.25, 0.3) is 5.78 Å². The van der Waals surface area contributed by atoms with Gasteiger partial charge in [0.1, 0.15) is 0 Å². The van der Waals surface area contributed by atoms with Gasteiger partial charge in [-0.2, -0.15) is 13.2 Å². The van der Waals surface area contributed by atoms with E-state index < -0.39 is 12.0 Å². The third-order valence-electron chi connectivity index (χ3n) is 1.00. The van der Waals surface area contributed by atoms with Crippen LogP contribution < -0.4 is 0 Å². The average molecular weight is 180 g/mol. The Kier molecular flexibility index (Phi) is 1.99. The van der Waals surface area contributed by atoms with E-state index in [0.29, 0.717) is 0 Å². The first kappa shape index (κ1) is 8.26. The van der Waals surface area contributed by atoms with Gasteiger partial charge in [-0.15, -0.1) is 11.3 Å². The van der Waals surface area contributed by atoms with Gasteiger partial charge in [-0.25, -0.2) is 0 Å². The Morgan fingerprint density at radius 2 is 2.09 bits per heavy atom. The molecule has 0 radical (unpaired) electrons. The molecule has 11 heavy (non-hydrogen) atoms. The first-order valence-electron chi connectivity index (χ1n) is 2.67. The van der Waals surface area contributed by atoms with Crippen LogP contribution in [0.5, 0.6) is 0 Å². The maximum Gasteiger partial charge on any atom is 0.455 e. The molecule has 1 aromatic heterocycles. The zero-order valence-corrected chi connectivity index (χ0v) is 6.00. The second-order valence-corrected chi connectivity index (χ2v) is 2.75. The average Bonchev–Trinajstić information content (AvgIpc) is 2.34. The van der Waals surface area contributed by atoms with Crippen molar-refractivity contribution < 1.29 is 18.0 Å². The van der Waals surface area contributed by atoms with Crippen molar-refractivity contribution in [3.05, 3.63) is 22.4 Å². The summed E-state index contributed by atoms with van der Waals surface area (Å²) in [6.07, 6.45) is -4.75. The summed E-state index contributed by atoms with van der Waals surface area (Å²) in [5.41, 5.74) is 0. The molecule has 0 fully saturated rings. The van der Waals surface area contributed by atoms with Crippen molar-refractivity contribution in [3.8, 4) is 0 Å². The summed E-state index contributed by atoms with van der Waals surface area (Å²) >= 11 is 0.788. The quantitative estimate of drug-likeness (QED) is 0.607. The predicted octanol–water partition coefficient (Wildman–Crippen LogP) is 2.49. The molecule has 1 rings (SSSR count). The minimum Gasteiger partial charge on any atom is -0.283 e. The Labute approximate surface area is 64.5 Å². The Bertz CT molecular complexity index is 249. The molecule has 0 saturated heterocycles. The van der Waals surface area contributed by atoms with Crippen LogP contribution in [0.1, 0.15) is 9.67 Å². The van der Waals surface area contributed by atoms with E-state index >= 15 is 0 Å². The minimum absolute atomic E-state index is 0.266. The Morgan fingerprint density at radius 1 is 1.45 bits per heavy atom. The Hall–Kier alpha value is -0.840. The van der Waals surface area contributed by atoms with Gasteiger partial charge in [0.05, 0.1) is 4.88 Å². The molecule has 0 bridgehead atoms. The van der Waals surface area contributed by atoms with Crippen LogP contribution in [-0.4, -0.2) is 12.0 Å². The highest BCUT2D eigenvalue weighted by atomic mass is 32.1. The summed E-state index contributed by atoms with van der Waals surface area (Å²) in [4.78, 5) is 10.1. The summed E-state index contributed by atoms with van der Waals surface area (Å²) in [7, 11) is 0. The van der Waals surface area contributed by atoms with Crippen LogP contribution in [0, 0.1) is 0 Å². The maximum absolute atomic E-state index is 11.7. The van der Waals surface area contributed by atoms with Crippen molar-refractivity contribution in [1.29, 1.82) is 0 Å². The van der Waals surface area contributed by atoms with E-state index in [1.165, 1.54) is 11.4 Å². The lowest BCUT2D eigenvalue weighted by Gasteiger charge is -2.00. The van der Waals surface area contributed by atoms with E-state index in [-0.39, 0.29) is 4.88 Å². The van der Waals surface area contributed by atoms with Crippen LogP contribution in [-0.2, 0) is 0 Å². The van der Waals surface area contributed by atoms with Crippen molar-refractivity contribution in [2.45, 2.75) is 6.18 Å². The van der Waals surface area contributed by atoms with Crippen LogP contribution in [0.3, 0.4) is 0 Å². The summed E-state index contributed by atoms with van der Waals surface area (Å²) in [5.74, 6) is -1.77. The Morgan fingerprint density at radius 3 is 2.45 bits per heavy atom. The van der Waals surface area contributed by atoms with Gasteiger partial charge in [0.15, 0.2) is 0 Å². The molecular formula is C6H3F3OS. The second-order valence-electron chi connectivity index (χ2n) is 1.80. The van der Waals surface area contributed by atoms with Gasteiger partial charge in [-0.05, 0) is 11.4 Å². The van der Waals surface area contributed by atoms with Crippen LogP contribution in [0.2, 0.25) is 0 Å². The molecule has 60 valence electrons. The number of thiophene rings is 1. The van der Waals surface area contributed by atoms with Crippen molar-refractivity contribution >= 4 is 17.1 Å². The van der Waals surface area contributed by atoms with Gasteiger partial charge in [0, 0.05) is 0 Å². The van der Waals surface area contributed by atoms with Gasteiger partial charge in [-0.3, -0.25) is 4.79 Å². The highest BCUT2D eigenvalue weighted by molar-refractivity contribution is 7.12. The van der Waals surface area contributed by atoms with E-state index in [1.807, 2.05) is 0 Å².